The van der Waals surface area contributed by atoms with Crippen molar-refractivity contribution in [3.8, 4) is 10.7 Å². The van der Waals surface area contributed by atoms with Crippen LogP contribution in [0.15, 0.2) is 51.9 Å². The summed E-state index contributed by atoms with van der Waals surface area (Å²) in [6.07, 6.45) is 1.72. The highest BCUT2D eigenvalue weighted by atomic mass is 79.9. The van der Waals surface area contributed by atoms with Gasteiger partial charge in [-0.05, 0) is 33.4 Å². The number of nitrogens with one attached hydrogen (secondary N) is 1. The lowest BCUT2D eigenvalue weighted by atomic mass is 10.3. The summed E-state index contributed by atoms with van der Waals surface area (Å²) in [7, 11) is 0. The van der Waals surface area contributed by atoms with Crippen molar-refractivity contribution in [2.75, 3.05) is 11.1 Å². The van der Waals surface area contributed by atoms with E-state index in [1.165, 1.54) is 23.1 Å². The van der Waals surface area contributed by atoms with Gasteiger partial charge in [-0.2, -0.15) is 0 Å². The van der Waals surface area contributed by atoms with Crippen LogP contribution in [-0.4, -0.2) is 26.4 Å². The van der Waals surface area contributed by atoms with Gasteiger partial charge in [-0.15, -0.1) is 28.1 Å². The molecule has 0 saturated carbocycles. The molecule has 0 unspecified atom stereocenters. The molecule has 10 heteroatoms. The number of allylic oxidation sites excluding steroid dienone is 1. The third-order valence-corrected chi connectivity index (χ3v) is 5.83. The number of carbonyl (C=O) groups excluding carboxylic acids is 1. The lowest BCUT2D eigenvalue weighted by Crippen LogP contribution is -2.16. The van der Waals surface area contributed by atoms with Gasteiger partial charge in [0, 0.05) is 17.1 Å². The number of rotatable bonds is 7. The van der Waals surface area contributed by atoms with Gasteiger partial charge in [-0.1, -0.05) is 23.9 Å². The van der Waals surface area contributed by atoms with E-state index in [-0.39, 0.29) is 15.9 Å². The van der Waals surface area contributed by atoms with Crippen molar-refractivity contribution >= 4 is 50.6 Å². The maximum absolute atomic E-state index is 13.8. The van der Waals surface area contributed by atoms with Crippen molar-refractivity contribution in [1.29, 1.82) is 0 Å². The fourth-order valence-electron chi connectivity index (χ4n) is 2.24. The molecule has 0 aliphatic heterocycles. The topological polar surface area (TPSA) is 59.8 Å². The molecule has 0 aliphatic carbocycles. The van der Waals surface area contributed by atoms with Gasteiger partial charge in [0.2, 0.25) is 5.91 Å². The van der Waals surface area contributed by atoms with Crippen LogP contribution in [0.4, 0.5) is 14.5 Å². The van der Waals surface area contributed by atoms with E-state index >= 15 is 0 Å². The van der Waals surface area contributed by atoms with E-state index in [0.29, 0.717) is 23.6 Å². The fraction of sp³-hybridized carbons (Fsp3) is 0.118. The molecule has 0 bridgehead atoms. The lowest BCUT2D eigenvalue weighted by molar-refractivity contribution is -0.113. The summed E-state index contributed by atoms with van der Waals surface area (Å²) >= 11 is 5.75. The molecule has 0 fully saturated rings. The molecule has 2 heterocycles. The summed E-state index contributed by atoms with van der Waals surface area (Å²) in [6, 6.07) is 5.65. The van der Waals surface area contributed by atoms with Crippen LogP contribution in [0.25, 0.3) is 10.7 Å². The third kappa shape index (κ3) is 4.63. The number of aromatic nitrogens is 3. The summed E-state index contributed by atoms with van der Waals surface area (Å²) in [5.74, 6) is -1.35. The van der Waals surface area contributed by atoms with E-state index in [9.17, 15) is 13.6 Å². The third-order valence-electron chi connectivity index (χ3n) is 3.37. The van der Waals surface area contributed by atoms with Crippen molar-refractivity contribution in [3.05, 3.63) is 58.4 Å². The minimum atomic E-state index is -0.852. The molecule has 27 heavy (non-hydrogen) atoms. The first-order valence-electron chi connectivity index (χ1n) is 7.64. The Hall–Kier alpha value is -2.04. The van der Waals surface area contributed by atoms with E-state index < -0.39 is 17.5 Å². The van der Waals surface area contributed by atoms with Gasteiger partial charge in [-0.3, -0.25) is 9.36 Å². The van der Waals surface area contributed by atoms with Crippen molar-refractivity contribution in [1.82, 2.24) is 14.8 Å². The zero-order valence-electron chi connectivity index (χ0n) is 13.8. The van der Waals surface area contributed by atoms with Gasteiger partial charge >= 0.3 is 0 Å². The molecule has 0 radical (unpaired) electrons. The van der Waals surface area contributed by atoms with Crippen molar-refractivity contribution in [3.63, 3.8) is 0 Å². The summed E-state index contributed by atoms with van der Waals surface area (Å²) in [6.45, 7) is 4.23. The highest BCUT2D eigenvalue weighted by Gasteiger charge is 2.17. The number of benzene rings is 1. The number of thioether (sulfide) groups is 1. The monoisotopic (exact) mass is 470 g/mol. The smallest absolute Gasteiger partial charge is 0.234 e. The molecule has 3 aromatic rings. The number of anilines is 1. The molecule has 0 aliphatic rings. The van der Waals surface area contributed by atoms with Crippen LogP contribution in [-0.2, 0) is 11.3 Å². The Bertz CT molecular complexity index is 952. The van der Waals surface area contributed by atoms with E-state index in [0.717, 1.165) is 10.9 Å². The van der Waals surface area contributed by atoms with E-state index in [4.69, 9.17) is 0 Å². The summed E-state index contributed by atoms with van der Waals surface area (Å²) < 4.78 is 29.0. The largest absolute Gasteiger partial charge is 0.322 e. The van der Waals surface area contributed by atoms with Crippen LogP contribution in [0.2, 0.25) is 0 Å². The molecule has 1 N–H and O–H groups in total. The Morgan fingerprint density at radius 1 is 1.41 bits per heavy atom. The first-order valence-corrected chi connectivity index (χ1v) is 10.3. The molecule has 0 spiro atoms. The van der Waals surface area contributed by atoms with Gasteiger partial charge in [-0.25, -0.2) is 8.78 Å². The maximum Gasteiger partial charge on any atom is 0.234 e. The SMILES string of the molecule is C=CCn1c(SCC(=O)Nc2c(F)cc(F)cc2Br)nnc1-c1cccs1. The van der Waals surface area contributed by atoms with Gasteiger partial charge in [0.25, 0.3) is 0 Å². The Labute approximate surface area is 170 Å². The molecule has 3 rings (SSSR count). The normalized spacial score (nSPS) is 10.8. The Morgan fingerprint density at radius 2 is 2.22 bits per heavy atom. The highest BCUT2D eigenvalue weighted by Crippen LogP contribution is 2.29. The summed E-state index contributed by atoms with van der Waals surface area (Å²) in [4.78, 5) is 13.1. The minimum absolute atomic E-state index is 0.0109. The first kappa shape index (κ1) is 19.7. The molecule has 0 atom stereocenters. The van der Waals surface area contributed by atoms with E-state index in [2.05, 4.69) is 38.0 Å². The predicted octanol–water partition coefficient (Wildman–Crippen LogP) is 4.96. The zero-order valence-corrected chi connectivity index (χ0v) is 17.0. The second kappa shape index (κ2) is 8.77. The molecule has 5 nitrogen and oxygen atoms in total. The number of hydrogen-bond donors (Lipinski definition) is 1. The quantitative estimate of drug-likeness (QED) is 0.391. The highest BCUT2D eigenvalue weighted by molar-refractivity contribution is 9.10. The molecule has 1 aromatic carbocycles. The number of thiophene rings is 1. The average molecular weight is 471 g/mol. The Kier molecular flexibility index (Phi) is 6.40. The number of nitrogens with zero attached hydrogens (tertiary/aromatic N) is 3. The maximum atomic E-state index is 13.8. The second-order valence-corrected chi connectivity index (χ2v) is 8.01. The molecule has 0 saturated heterocycles. The van der Waals surface area contributed by atoms with Crippen LogP contribution >= 0.6 is 39.0 Å². The molecule has 1 amide bonds. The minimum Gasteiger partial charge on any atom is -0.322 e. The summed E-state index contributed by atoms with van der Waals surface area (Å²) in [5.41, 5.74) is -0.103. The van der Waals surface area contributed by atoms with Crippen molar-refractivity contribution in [2.45, 2.75) is 11.7 Å². The van der Waals surface area contributed by atoms with Crippen LogP contribution in [0.1, 0.15) is 0 Å². The van der Waals surface area contributed by atoms with Crippen molar-refractivity contribution < 1.29 is 13.6 Å². The number of halogens is 3. The van der Waals surface area contributed by atoms with Crippen molar-refractivity contribution in [2.24, 2.45) is 0 Å². The standard InChI is InChI=1S/C17H13BrF2N4OS2/c1-2-5-24-16(13-4-3-6-26-13)22-23-17(24)27-9-14(25)21-15-11(18)7-10(19)8-12(15)20/h2-4,6-8H,1,5,9H2,(H,21,25). The van der Waals surface area contributed by atoms with Crippen LogP contribution in [0, 0.1) is 11.6 Å². The zero-order chi connectivity index (χ0) is 19.4. The van der Waals surface area contributed by atoms with Crippen LogP contribution in [0.3, 0.4) is 0 Å². The van der Waals surface area contributed by atoms with Gasteiger partial charge in [0.05, 0.1) is 16.3 Å². The molecular formula is C17H13BrF2N4OS2. The van der Waals surface area contributed by atoms with Crippen LogP contribution < -0.4 is 5.32 Å². The number of amides is 1. The van der Waals surface area contributed by atoms with Gasteiger partial charge in [0.1, 0.15) is 5.82 Å². The first-order chi connectivity index (χ1) is 13.0. The van der Waals surface area contributed by atoms with Crippen LogP contribution in [0.5, 0.6) is 0 Å². The van der Waals surface area contributed by atoms with E-state index in [1.54, 1.807) is 6.08 Å². The predicted molar refractivity (Wildman–Crippen MR) is 107 cm³/mol. The average Bonchev–Trinajstić information content (AvgIpc) is 3.26. The second-order valence-electron chi connectivity index (χ2n) is 5.26. The Balaban J connectivity index is 1.72. The lowest BCUT2D eigenvalue weighted by Gasteiger charge is -2.09. The molecule has 140 valence electrons. The Morgan fingerprint density at radius 3 is 2.89 bits per heavy atom. The summed E-state index contributed by atoms with van der Waals surface area (Å²) in [5, 5.41) is 13.3. The van der Waals surface area contributed by atoms with Gasteiger partial charge < -0.3 is 5.32 Å². The molecule has 2 aromatic heterocycles. The van der Waals surface area contributed by atoms with Gasteiger partial charge in [0.15, 0.2) is 16.8 Å². The van der Waals surface area contributed by atoms with E-state index in [1.807, 2.05) is 22.1 Å². The fourth-order valence-corrected chi connectivity index (χ4v) is 4.22. The number of hydrogen-bond acceptors (Lipinski definition) is 5. The molecular weight excluding hydrogens is 458 g/mol. The number of carbonyl (C=O) groups is 1.